The molecule has 1 fully saturated rings. The number of aromatic nitrogens is 2. The number of carbonyl (C=O) groups is 1. The van der Waals surface area contributed by atoms with E-state index in [1.54, 1.807) is 0 Å². The molecule has 3 aromatic rings. The van der Waals surface area contributed by atoms with E-state index in [-0.39, 0.29) is 5.91 Å². The molecule has 0 spiro atoms. The van der Waals surface area contributed by atoms with Crippen LogP contribution in [0.2, 0.25) is 0 Å². The van der Waals surface area contributed by atoms with Crippen molar-refractivity contribution >= 4 is 23.4 Å². The Morgan fingerprint density at radius 3 is 2.31 bits per heavy atom. The molecule has 3 heterocycles. The van der Waals surface area contributed by atoms with Crippen molar-refractivity contribution in [2.24, 2.45) is 0 Å². The number of fused-ring (bicyclic) bond motifs is 1. The summed E-state index contributed by atoms with van der Waals surface area (Å²) in [6.45, 7) is 10.1. The average Bonchev–Trinajstić information content (AvgIpc) is 2.92. The number of rotatable bonds is 6. The lowest BCUT2D eigenvalue weighted by Crippen LogP contribution is -2.47. The van der Waals surface area contributed by atoms with Gasteiger partial charge in [0.25, 0.3) is 0 Å². The highest BCUT2D eigenvalue weighted by molar-refractivity contribution is 5.79. The van der Waals surface area contributed by atoms with E-state index in [4.69, 9.17) is 9.97 Å². The second kappa shape index (κ2) is 10.6. The third-order valence-electron chi connectivity index (χ3n) is 7.38. The molecule has 0 aliphatic carbocycles. The van der Waals surface area contributed by atoms with Gasteiger partial charge in [-0.1, -0.05) is 48.0 Å². The summed E-state index contributed by atoms with van der Waals surface area (Å²) in [5.41, 5.74) is 5.79. The number of anilines is 3. The van der Waals surface area contributed by atoms with Crippen molar-refractivity contribution in [3.05, 3.63) is 77.0 Å². The number of hydrogen-bond donors (Lipinski definition) is 0. The van der Waals surface area contributed by atoms with Crippen LogP contribution < -0.4 is 14.7 Å². The third kappa shape index (κ3) is 5.15. The number of piperazine rings is 1. The molecular formula is C29H36N6O. The first kappa shape index (κ1) is 24.1. The molecule has 1 amide bonds. The van der Waals surface area contributed by atoms with E-state index in [2.05, 4.69) is 59.9 Å². The Morgan fingerprint density at radius 2 is 1.61 bits per heavy atom. The fourth-order valence-electron chi connectivity index (χ4n) is 5.01. The summed E-state index contributed by atoms with van der Waals surface area (Å²) in [6.07, 6.45) is 1.19. The zero-order valence-corrected chi connectivity index (χ0v) is 21.7. The molecule has 0 atom stereocenters. The van der Waals surface area contributed by atoms with Crippen LogP contribution in [0.1, 0.15) is 29.3 Å². The molecule has 36 heavy (non-hydrogen) atoms. The maximum absolute atomic E-state index is 13.1. The topological polar surface area (TPSA) is 55.8 Å². The summed E-state index contributed by atoms with van der Waals surface area (Å²) in [5.74, 6) is 1.93. The SMILES string of the molecule is CCN(C)c1nc(N2CCN(c3ccc(C)cc3)CC2)nc2c1CN(C(=O)Cc1ccccc1)CC2. The third-order valence-corrected chi connectivity index (χ3v) is 7.38. The van der Waals surface area contributed by atoms with E-state index in [1.807, 2.05) is 35.2 Å². The Bertz CT molecular complexity index is 1190. The summed E-state index contributed by atoms with van der Waals surface area (Å²) in [5, 5.41) is 0. The van der Waals surface area contributed by atoms with Gasteiger partial charge >= 0.3 is 0 Å². The highest BCUT2D eigenvalue weighted by atomic mass is 16.2. The molecule has 0 saturated carbocycles. The quantitative estimate of drug-likeness (QED) is 0.532. The van der Waals surface area contributed by atoms with E-state index < -0.39 is 0 Å². The van der Waals surface area contributed by atoms with Gasteiger partial charge in [-0.15, -0.1) is 0 Å². The van der Waals surface area contributed by atoms with Crippen molar-refractivity contribution < 1.29 is 4.79 Å². The lowest BCUT2D eigenvalue weighted by molar-refractivity contribution is -0.131. The molecule has 2 aromatic carbocycles. The average molecular weight is 485 g/mol. The van der Waals surface area contributed by atoms with E-state index in [0.29, 0.717) is 19.5 Å². The summed E-state index contributed by atoms with van der Waals surface area (Å²) in [6, 6.07) is 18.7. The molecule has 5 rings (SSSR count). The van der Waals surface area contributed by atoms with Gasteiger partial charge in [-0.25, -0.2) is 4.98 Å². The predicted octanol–water partition coefficient (Wildman–Crippen LogP) is 3.70. The maximum atomic E-state index is 13.1. The van der Waals surface area contributed by atoms with Crippen molar-refractivity contribution in [3.8, 4) is 0 Å². The lowest BCUT2D eigenvalue weighted by atomic mass is 10.0. The van der Waals surface area contributed by atoms with E-state index in [0.717, 1.165) is 67.7 Å². The molecule has 1 saturated heterocycles. The zero-order chi connectivity index (χ0) is 25.1. The van der Waals surface area contributed by atoms with Crippen LogP contribution in [0.15, 0.2) is 54.6 Å². The van der Waals surface area contributed by atoms with Crippen LogP contribution in [0.4, 0.5) is 17.5 Å². The molecule has 2 aliphatic heterocycles. The largest absolute Gasteiger partial charge is 0.368 e. The summed E-state index contributed by atoms with van der Waals surface area (Å²) >= 11 is 0. The van der Waals surface area contributed by atoms with Crippen molar-refractivity contribution in [3.63, 3.8) is 0 Å². The standard InChI is InChI=1S/C29H36N6O/c1-4-32(3)28-25-21-35(27(36)20-23-8-6-5-7-9-23)15-14-26(25)30-29(31-28)34-18-16-33(17-19-34)24-12-10-22(2)11-13-24/h5-13H,4,14-21H2,1-3H3. The first-order chi connectivity index (χ1) is 17.5. The molecule has 0 N–H and O–H groups in total. The smallest absolute Gasteiger partial charge is 0.227 e. The van der Waals surface area contributed by atoms with Crippen LogP contribution in [0.25, 0.3) is 0 Å². The Hall–Kier alpha value is -3.61. The van der Waals surface area contributed by atoms with Crippen LogP contribution in [0.3, 0.4) is 0 Å². The molecule has 0 bridgehead atoms. The van der Waals surface area contributed by atoms with Crippen LogP contribution in [-0.4, -0.2) is 67.1 Å². The van der Waals surface area contributed by atoms with Crippen LogP contribution in [0.5, 0.6) is 0 Å². The second-order valence-electron chi connectivity index (χ2n) is 9.82. The minimum Gasteiger partial charge on any atom is -0.368 e. The van der Waals surface area contributed by atoms with Gasteiger partial charge in [0, 0.05) is 64.0 Å². The van der Waals surface area contributed by atoms with Crippen molar-refractivity contribution in [1.82, 2.24) is 14.9 Å². The highest BCUT2D eigenvalue weighted by Crippen LogP contribution is 2.29. The van der Waals surface area contributed by atoms with Crippen molar-refractivity contribution in [2.75, 3.05) is 61.0 Å². The van der Waals surface area contributed by atoms with Gasteiger partial charge in [-0.3, -0.25) is 4.79 Å². The number of nitrogens with zero attached hydrogens (tertiary/aromatic N) is 6. The van der Waals surface area contributed by atoms with E-state index in [9.17, 15) is 4.79 Å². The maximum Gasteiger partial charge on any atom is 0.227 e. The van der Waals surface area contributed by atoms with Crippen molar-refractivity contribution in [2.45, 2.75) is 33.2 Å². The lowest BCUT2D eigenvalue weighted by Gasteiger charge is -2.37. The Morgan fingerprint density at radius 1 is 0.917 bits per heavy atom. The fourth-order valence-corrected chi connectivity index (χ4v) is 5.01. The normalized spacial score (nSPS) is 15.6. The minimum absolute atomic E-state index is 0.160. The van der Waals surface area contributed by atoms with Crippen molar-refractivity contribution in [1.29, 1.82) is 0 Å². The number of aryl methyl sites for hydroxylation is 1. The van der Waals surface area contributed by atoms with E-state index in [1.165, 1.54) is 11.3 Å². The summed E-state index contributed by atoms with van der Waals surface area (Å²) in [7, 11) is 2.08. The fraction of sp³-hybridized carbons (Fsp3) is 0.414. The van der Waals surface area contributed by atoms with Gasteiger partial charge in [0.05, 0.1) is 18.7 Å². The number of carbonyl (C=O) groups excluding carboxylic acids is 1. The first-order valence-electron chi connectivity index (χ1n) is 13.0. The second-order valence-corrected chi connectivity index (χ2v) is 9.82. The molecule has 1 aromatic heterocycles. The number of amides is 1. The van der Waals surface area contributed by atoms with E-state index >= 15 is 0 Å². The molecule has 2 aliphatic rings. The summed E-state index contributed by atoms with van der Waals surface area (Å²) in [4.78, 5) is 32.0. The van der Waals surface area contributed by atoms with Crippen LogP contribution in [-0.2, 0) is 24.2 Å². The Balaban J connectivity index is 1.32. The molecule has 7 nitrogen and oxygen atoms in total. The van der Waals surface area contributed by atoms with Gasteiger partial charge < -0.3 is 19.6 Å². The number of hydrogen-bond acceptors (Lipinski definition) is 6. The van der Waals surface area contributed by atoms with Crippen LogP contribution in [0, 0.1) is 6.92 Å². The zero-order valence-electron chi connectivity index (χ0n) is 21.7. The van der Waals surface area contributed by atoms with Gasteiger partial charge in [0.15, 0.2) is 0 Å². The summed E-state index contributed by atoms with van der Waals surface area (Å²) < 4.78 is 0. The molecule has 188 valence electrons. The van der Waals surface area contributed by atoms with Gasteiger partial charge in [-0.2, -0.15) is 4.98 Å². The highest BCUT2D eigenvalue weighted by Gasteiger charge is 2.28. The van der Waals surface area contributed by atoms with Crippen LogP contribution >= 0.6 is 0 Å². The monoisotopic (exact) mass is 484 g/mol. The molecule has 0 unspecified atom stereocenters. The van der Waals surface area contributed by atoms with Gasteiger partial charge in [-0.05, 0) is 31.5 Å². The Kier molecular flexibility index (Phi) is 7.07. The molecular weight excluding hydrogens is 448 g/mol. The first-order valence-corrected chi connectivity index (χ1v) is 13.0. The molecule has 0 radical (unpaired) electrons. The minimum atomic E-state index is 0.160. The van der Waals surface area contributed by atoms with Gasteiger partial charge in [0.2, 0.25) is 11.9 Å². The number of benzene rings is 2. The Labute approximate surface area is 214 Å². The predicted molar refractivity (Wildman–Crippen MR) is 146 cm³/mol. The molecule has 7 heteroatoms. The van der Waals surface area contributed by atoms with Gasteiger partial charge in [0.1, 0.15) is 5.82 Å².